The molecule has 0 spiro atoms. The zero-order chi connectivity index (χ0) is 20.1. The Labute approximate surface area is 169 Å². The van der Waals surface area contributed by atoms with E-state index in [1.807, 2.05) is 19.1 Å². The Morgan fingerprint density at radius 1 is 0.964 bits per heavy atom. The summed E-state index contributed by atoms with van der Waals surface area (Å²) in [6.07, 6.45) is 0. The van der Waals surface area contributed by atoms with Crippen LogP contribution in [0, 0.1) is 6.92 Å². The number of fused-ring (bicyclic) bond motifs is 1. The van der Waals surface area contributed by atoms with Crippen molar-refractivity contribution in [3.63, 3.8) is 0 Å². The molecule has 0 saturated carbocycles. The molecule has 2 aromatic carbocycles. The molecule has 0 aromatic heterocycles. The Kier molecular flexibility index (Phi) is 6.15. The van der Waals surface area contributed by atoms with Gasteiger partial charge >= 0.3 is 0 Å². The van der Waals surface area contributed by atoms with Crippen LogP contribution in [0.5, 0.6) is 11.5 Å². The van der Waals surface area contributed by atoms with Gasteiger partial charge in [-0.25, -0.2) is 0 Å². The zero-order valence-electron chi connectivity index (χ0n) is 15.0. The molecule has 9 heteroatoms. The average molecular weight is 448 g/mol. The first-order valence-corrected chi connectivity index (χ1v) is 9.22. The lowest BCUT2D eigenvalue weighted by Crippen LogP contribution is -2.40. The number of rotatable bonds is 6. The Morgan fingerprint density at radius 3 is 2.50 bits per heavy atom. The largest absolute Gasteiger partial charge is 0.454 e. The summed E-state index contributed by atoms with van der Waals surface area (Å²) in [7, 11) is 0. The van der Waals surface area contributed by atoms with Gasteiger partial charge in [-0.1, -0.05) is 15.9 Å². The van der Waals surface area contributed by atoms with E-state index in [2.05, 4.69) is 31.9 Å². The molecule has 2 aromatic rings. The fraction of sp³-hybridized carbons (Fsp3) is 0.211. The maximum absolute atomic E-state index is 12.1. The van der Waals surface area contributed by atoms with Crippen LogP contribution in [-0.2, 0) is 9.59 Å². The van der Waals surface area contributed by atoms with Crippen LogP contribution in [0.4, 0.5) is 5.69 Å². The molecule has 3 rings (SSSR count). The molecule has 0 saturated heterocycles. The quantitative estimate of drug-likeness (QED) is 0.627. The Morgan fingerprint density at radius 2 is 1.71 bits per heavy atom. The molecule has 1 aliphatic heterocycles. The second kappa shape index (κ2) is 8.75. The monoisotopic (exact) mass is 447 g/mol. The van der Waals surface area contributed by atoms with Crippen LogP contribution < -0.4 is 25.4 Å². The van der Waals surface area contributed by atoms with Gasteiger partial charge in [0.05, 0.1) is 13.1 Å². The third-order valence-corrected chi connectivity index (χ3v) is 4.45. The lowest BCUT2D eigenvalue weighted by atomic mass is 10.2. The fourth-order valence-corrected chi connectivity index (χ4v) is 2.98. The highest BCUT2D eigenvalue weighted by atomic mass is 79.9. The number of benzene rings is 2. The molecule has 8 nitrogen and oxygen atoms in total. The first kappa shape index (κ1) is 19.7. The predicted octanol–water partition coefficient (Wildman–Crippen LogP) is 1.97. The fourth-order valence-electron chi connectivity index (χ4n) is 2.50. The summed E-state index contributed by atoms with van der Waals surface area (Å²) in [5, 5.41) is 7.68. The molecule has 1 aliphatic rings. The van der Waals surface area contributed by atoms with Gasteiger partial charge in [-0.15, -0.1) is 0 Å². The van der Waals surface area contributed by atoms with Gasteiger partial charge in [0, 0.05) is 15.7 Å². The van der Waals surface area contributed by atoms with E-state index in [9.17, 15) is 14.4 Å². The molecule has 28 heavy (non-hydrogen) atoms. The third kappa shape index (κ3) is 5.01. The van der Waals surface area contributed by atoms with Gasteiger partial charge in [-0.3, -0.25) is 14.4 Å². The lowest BCUT2D eigenvalue weighted by molar-refractivity contribution is -0.123. The van der Waals surface area contributed by atoms with Gasteiger partial charge in [0.2, 0.25) is 18.6 Å². The van der Waals surface area contributed by atoms with Crippen molar-refractivity contribution in [1.29, 1.82) is 0 Å². The standard InChI is InChI=1S/C19H18BrN3O5/c1-11-6-13(20)3-4-14(11)23-18(25)9-21-17(24)8-22-19(26)12-2-5-15-16(7-12)28-10-27-15/h2-7H,8-10H2,1H3,(H,21,24)(H,22,26)(H,23,25). The summed E-state index contributed by atoms with van der Waals surface area (Å²) < 4.78 is 11.3. The van der Waals surface area contributed by atoms with Crippen molar-refractivity contribution in [2.45, 2.75) is 6.92 Å². The minimum atomic E-state index is -0.475. The van der Waals surface area contributed by atoms with Gasteiger partial charge in [0.1, 0.15) is 0 Å². The molecule has 0 unspecified atom stereocenters. The molecule has 0 bridgehead atoms. The molecule has 0 atom stereocenters. The van der Waals surface area contributed by atoms with Crippen LogP contribution in [0.15, 0.2) is 40.9 Å². The molecule has 0 fully saturated rings. The van der Waals surface area contributed by atoms with Gasteiger partial charge in [-0.05, 0) is 48.9 Å². The summed E-state index contributed by atoms with van der Waals surface area (Å²) in [6.45, 7) is 1.53. The van der Waals surface area contributed by atoms with Crippen LogP contribution in [0.1, 0.15) is 15.9 Å². The molecule has 3 amide bonds. The number of carbonyl (C=O) groups excluding carboxylic acids is 3. The summed E-state index contributed by atoms with van der Waals surface area (Å²) in [5.74, 6) is -0.209. The van der Waals surface area contributed by atoms with Crippen molar-refractivity contribution in [2.75, 3.05) is 25.2 Å². The molecule has 3 N–H and O–H groups in total. The van der Waals surface area contributed by atoms with Crippen molar-refractivity contribution in [3.05, 3.63) is 52.0 Å². The van der Waals surface area contributed by atoms with Gasteiger partial charge < -0.3 is 25.4 Å². The van der Waals surface area contributed by atoms with Crippen LogP contribution >= 0.6 is 15.9 Å². The van der Waals surface area contributed by atoms with Crippen LogP contribution in [0.3, 0.4) is 0 Å². The van der Waals surface area contributed by atoms with E-state index in [1.165, 1.54) is 0 Å². The van der Waals surface area contributed by atoms with Crippen molar-refractivity contribution in [1.82, 2.24) is 10.6 Å². The SMILES string of the molecule is Cc1cc(Br)ccc1NC(=O)CNC(=O)CNC(=O)c1ccc2c(c1)OCO2. The number of halogens is 1. The van der Waals surface area contributed by atoms with Crippen molar-refractivity contribution in [3.8, 4) is 11.5 Å². The highest BCUT2D eigenvalue weighted by molar-refractivity contribution is 9.10. The molecule has 146 valence electrons. The number of ether oxygens (including phenoxy) is 2. The van der Waals surface area contributed by atoms with Crippen LogP contribution in [-0.4, -0.2) is 37.6 Å². The van der Waals surface area contributed by atoms with Crippen LogP contribution in [0.2, 0.25) is 0 Å². The third-order valence-electron chi connectivity index (χ3n) is 3.95. The van der Waals surface area contributed by atoms with Gasteiger partial charge in [-0.2, -0.15) is 0 Å². The smallest absolute Gasteiger partial charge is 0.251 e. The zero-order valence-corrected chi connectivity index (χ0v) is 16.6. The maximum atomic E-state index is 12.1. The summed E-state index contributed by atoms with van der Waals surface area (Å²) in [4.78, 5) is 36.0. The Hall–Kier alpha value is -3.07. The molecule has 0 radical (unpaired) electrons. The van der Waals surface area contributed by atoms with E-state index >= 15 is 0 Å². The number of carbonyl (C=O) groups is 3. The highest BCUT2D eigenvalue weighted by Crippen LogP contribution is 2.32. The van der Waals surface area contributed by atoms with E-state index in [1.54, 1.807) is 24.3 Å². The normalized spacial score (nSPS) is 11.6. The lowest BCUT2D eigenvalue weighted by Gasteiger charge is -2.10. The minimum Gasteiger partial charge on any atom is -0.454 e. The number of hydrogen-bond donors (Lipinski definition) is 3. The summed E-state index contributed by atoms with van der Waals surface area (Å²) >= 11 is 3.36. The van der Waals surface area contributed by atoms with E-state index in [0.717, 1.165) is 10.0 Å². The second-order valence-corrected chi connectivity index (χ2v) is 6.95. The first-order valence-electron chi connectivity index (χ1n) is 8.43. The van der Waals surface area contributed by atoms with E-state index in [4.69, 9.17) is 9.47 Å². The first-order chi connectivity index (χ1) is 13.4. The number of nitrogens with one attached hydrogen (secondary N) is 3. The van der Waals surface area contributed by atoms with Crippen LogP contribution in [0.25, 0.3) is 0 Å². The number of aryl methyl sites for hydroxylation is 1. The predicted molar refractivity (Wildman–Crippen MR) is 105 cm³/mol. The summed E-state index contributed by atoms with van der Waals surface area (Å²) in [5.41, 5.74) is 1.91. The molecule has 0 aliphatic carbocycles. The number of amides is 3. The van der Waals surface area contributed by atoms with Gasteiger partial charge in [0.15, 0.2) is 11.5 Å². The Balaban J connectivity index is 1.42. The summed E-state index contributed by atoms with van der Waals surface area (Å²) in [6, 6.07) is 10.2. The topological polar surface area (TPSA) is 106 Å². The molecular formula is C19H18BrN3O5. The van der Waals surface area contributed by atoms with Crippen molar-refractivity contribution >= 4 is 39.3 Å². The number of hydrogen-bond acceptors (Lipinski definition) is 5. The molecule has 1 heterocycles. The number of anilines is 1. The maximum Gasteiger partial charge on any atom is 0.251 e. The second-order valence-electron chi connectivity index (χ2n) is 6.03. The van der Waals surface area contributed by atoms with Gasteiger partial charge in [0.25, 0.3) is 5.91 Å². The van der Waals surface area contributed by atoms with E-state index in [0.29, 0.717) is 22.7 Å². The van der Waals surface area contributed by atoms with Crippen molar-refractivity contribution in [2.24, 2.45) is 0 Å². The highest BCUT2D eigenvalue weighted by Gasteiger charge is 2.16. The van der Waals surface area contributed by atoms with Crippen molar-refractivity contribution < 1.29 is 23.9 Å². The average Bonchev–Trinajstić information content (AvgIpc) is 3.14. The van der Waals surface area contributed by atoms with E-state index < -0.39 is 11.8 Å². The Bertz CT molecular complexity index is 932. The molecular weight excluding hydrogens is 430 g/mol. The van der Waals surface area contributed by atoms with E-state index in [-0.39, 0.29) is 25.8 Å². The minimum absolute atomic E-state index is 0.116.